The predicted molar refractivity (Wildman–Crippen MR) is 282 cm³/mol. The second-order valence-electron chi connectivity index (χ2n) is 22.7. The monoisotopic (exact) mass is 854 g/mol. The molecule has 0 atom stereocenters. The highest BCUT2D eigenvalue weighted by Gasteiger charge is 2.40. The van der Waals surface area contributed by atoms with E-state index in [0.717, 1.165) is 35.2 Å². The Morgan fingerprint density at radius 3 is 1.94 bits per heavy atom. The molecule has 1 aliphatic heterocycles. The average Bonchev–Trinajstić information content (AvgIpc) is 3.96. The molecule has 66 heavy (non-hydrogen) atoms. The first kappa shape index (κ1) is 39.6. The molecule has 2 aromatic heterocycles. The van der Waals surface area contributed by atoms with Gasteiger partial charge in [-0.05, 0) is 126 Å². The van der Waals surface area contributed by atoms with Gasteiger partial charge in [0.25, 0.3) is 0 Å². The standard InChI is InChI=1S/C62H55BN2O/c1-59(2,3)34-19-22-36(23-20-34)64-50-32-47-42(41-29-35(60(4,5)6)21-26-46(41)62(47,9)10)30-44(50)38-24-25-40-55-51(27-28-54-56(55)39-16-12-14-18-53(39)66-54)65-52-33-48-43(31-49(52)63-57(38)58(40)65)37-15-11-13-17-45(37)61(48,7)8/h11-33,63-64H,1-10H3. The van der Waals surface area contributed by atoms with Crippen molar-refractivity contribution in [2.24, 2.45) is 0 Å². The normalized spacial score (nSPS) is 15.2. The zero-order chi connectivity index (χ0) is 45.4. The minimum Gasteiger partial charge on any atom is -0.456 e. The van der Waals surface area contributed by atoms with Crippen LogP contribution in [0.3, 0.4) is 0 Å². The topological polar surface area (TPSA) is 30.1 Å². The Balaban J connectivity index is 1.12. The van der Waals surface area contributed by atoms with Crippen LogP contribution in [0.2, 0.25) is 0 Å². The van der Waals surface area contributed by atoms with Crippen molar-refractivity contribution in [3.8, 4) is 39.1 Å². The highest BCUT2D eigenvalue weighted by atomic mass is 16.3. The number of rotatable bonds is 3. The summed E-state index contributed by atoms with van der Waals surface area (Å²) < 4.78 is 9.20. The van der Waals surface area contributed by atoms with Crippen molar-refractivity contribution in [2.75, 3.05) is 5.32 Å². The lowest BCUT2D eigenvalue weighted by Crippen LogP contribution is -2.37. The fourth-order valence-electron chi connectivity index (χ4n) is 12.3. The van der Waals surface area contributed by atoms with Gasteiger partial charge in [-0.3, -0.25) is 0 Å². The van der Waals surface area contributed by atoms with Gasteiger partial charge in [-0.25, -0.2) is 0 Å². The summed E-state index contributed by atoms with van der Waals surface area (Å²) in [5, 5.41) is 8.91. The molecule has 13 rings (SSSR count). The summed E-state index contributed by atoms with van der Waals surface area (Å²) >= 11 is 0. The Bertz CT molecular complexity index is 3770. The maximum Gasteiger partial charge on any atom is 0.198 e. The number of hydrogen-bond acceptors (Lipinski definition) is 2. The molecule has 0 radical (unpaired) electrons. The van der Waals surface area contributed by atoms with Crippen LogP contribution >= 0.6 is 0 Å². The van der Waals surface area contributed by atoms with Gasteiger partial charge in [-0.2, -0.15) is 0 Å². The summed E-state index contributed by atoms with van der Waals surface area (Å²) in [6.45, 7) is 23.4. The molecule has 0 saturated heterocycles. The number of furan rings is 1. The number of nitrogens with one attached hydrogen (secondary N) is 1. The fourth-order valence-corrected chi connectivity index (χ4v) is 12.3. The van der Waals surface area contributed by atoms with E-state index in [2.05, 4.69) is 219 Å². The Hall–Kier alpha value is -6.78. The van der Waals surface area contributed by atoms with E-state index in [-0.39, 0.29) is 21.7 Å². The van der Waals surface area contributed by atoms with E-state index in [9.17, 15) is 0 Å². The molecule has 0 spiro atoms. The maximum absolute atomic E-state index is 6.58. The number of nitrogens with zero attached hydrogens (tertiary/aromatic N) is 1. The molecule has 0 bridgehead atoms. The van der Waals surface area contributed by atoms with Crippen LogP contribution in [0.25, 0.3) is 82.8 Å². The van der Waals surface area contributed by atoms with E-state index in [1.165, 1.54) is 111 Å². The lowest BCUT2D eigenvalue weighted by atomic mass is 9.58. The smallest absolute Gasteiger partial charge is 0.198 e. The third-order valence-electron chi connectivity index (χ3n) is 15.9. The molecule has 0 fully saturated rings. The summed E-state index contributed by atoms with van der Waals surface area (Å²) in [7, 11) is 0.816. The van der Waals surface area contributed by atoms with Crippen molar-refractivity contribution >= 4 is 73.3 Å². The van der Waals surface area contributed by atoms with Crippen LogP contribution in [0.1, 0.15) is 103 Å². The van der Waals surface area contributed by atoms with Crippen LogP contribution in [0.15, 0.2) is 144 Å². The van der Waals surface area contributed by atoms with Crippen LogP contribution in [0.4, 0.5) is 11.4 Å². The molecule has 3 heterocycles. The second-order valence-corrected chi connectivity index (χ2v) is 22.7. The van der Waals surface area contributed by atoms with Crippen molar-refractivity contribution in [3.05, 3.63) is 173 Å². The van der Waals surface area contributed by atoms with Crippen LogP contribution in [0.5, 0.6) is 0 Å². The van der Waals surface area contributed by atoms with Gasteiger partial charge in [0.2, 0.25) is 0 Å². The number of aromatic nitrogens is 1. The average molecular weight is 855 g/mol. The van der Waals surface area contributed by atoms with E-state index in [1.807, 2.05) is 0 Å². The molecule has 2 aliphatic carbocycles. The van der Waals surface area contributed by atoms with E-state index >= 15 is 0 Å². The lowest BCUT2D eigenvalue weighted by molar-refractivity contribution is 0.589. The number of para-hydroxylation sites is 1. The minimum atomic E-state index is -0.168. The van der Waals surface area contributed by atoms with Gasteiger partial charge in [0.1, 0.15) is 11.2 Å². The molecular weight excluding hydrogens is 800 g/mol. The van der Waals surface area contributed by atoms with E-state index in [1.54, 1.807) is 0 Å². The first-order chi connectivity index (χ1) is 31.5. The van der Waals surface area contributed by atoms with Crippen LogP contribution < -0.4 is 16.2 Å². The van der Waals surface area contributed by atoms with E-state index in [4.69, 9.17) is 4.42 Å². The third-order valence-corrected chi connectivity index (χ3v) is 15.9. The minimum absolute atomic E-state index is 0.0309. The zero-order valence-corrected chi connectivity index (χ0v) is 39.8. The number of fused-ring (bicyclic) bond motifs is 15. The Morgan fingerprint density at radius 2 is 1.17 bits per heavy atom. The quantitative estimate of drug-likeness (QED) is 0.179. The van der Waals surface area contributed by atoms with Crippen molar-refractivity contribution in [1.29, 1.82) is 0 Å². The van der Waals surface area contributed by atoms with Crippen molar-refractivity contribution in [3.63, 3.8) is 0 Å². The molecule has 3 nitrogen and oxygen atoms in total. The fraction of sp³-hybridized carbons (Fsp3) is 0.226. The summed E-state index contributed by atoms with van der Waals surface area (Å²) in [5.41, 5.74) is 26.5. The lowest BCUT2D eigenvalue weighted by Gasteiger charge is -2.27. The molecule has 10 aromatic rings. The van der Waals surface area contributed by atoms with Gasteiger partial charge in [-0.15, -0.1) is 0 Å². The number of benzene rings is 8. The summed E-state index contributed by atoms with van der Waals surface area (Å²) in [4.78, 5) is 0. The Kier molecular flexibility index (Phi) is 7.78. The van der Waals surface area contributed by atoms with Gasteiger partial charge < -0.3 is 14.3 Å². The SMILES string of the molecule is CC(C)(C)c1ccc(Nc2cc3c(cc2-c2ccc4c5c6c(ccc5n5c4c2Bc2cc4c(cc2-5)C(C)(C)c2ccccc2-4)oc2ccccc26)-c2cc(C(C)(C)C)ccc2C3(C)C)cc1. The molecule has 0 amide bonds. The second kappa shape index (κ2) is 13.0. The van der Waals surface area contributed by atoms with Crippen LogP contribution in [-0.2, 0) is 21.7 Å². The molecule has 0 unspecified atom stereocenters. The van der Waals surface area contributed by atoms with E-state index < -0.39 is 0 Å². The number of anilines is 2. The first-order valence-corrected chi connectivity index (χ1v) is 23.9. The Morgan fingerprint density at radius 1 is 0.500 bits per heavy atom. The summed E-state index contributed by atoms with van der Waals surface area (Å²) in [6.07, 6.45) is 0. The molecule has 8 aromatic carbocycles. The van der Waals surface area contributed by atoms with Gasteiger partial charge in [0.15, 0.2) is 7.28 Å². The highest BCUT2D eigenvalue weighted by molar-refractivity contribution is 6.73. The van der Waals surface area contributed by atoms with Gasteiger partial charge in [0, 0.05) is 60.5 Å². The molecule has 0 saturated carbocycles. The van der Waals surface area contributed by atoms with Crippen LogP contribution in [0, 0.1) is 0 Å². The summed E-state index contributed by atoms with van der Waals surface area (Å²) in [6, 6.07) is 53.3. The molecule has 322 valence electrons. The first-order valence-electron chi connectivity index (χ1n) is 23.9. The van der Waals surface area contributed by atoms with Crippen LogP contribution in [-0.4, -0.2) is 11.8 Å². The van der Waals surface area contributed by atoms with Crippen molar-refractivity contribution in [2.45, 2.75) is 90.9 Å². The molecule has 1 N–H and O–H groups in total. The molecule has 4 heteroatoms. The predicted octanol–water partition coefficient (Wildman–Crippen LogP) is 15.0. The van der Waals surface area contributed by atoms with Gasteiger partial charge in [-0.1, -0.05) is 166 Å². The zero-order valence-electron chi connectivity index (χ0n) is 39.8. The largest absolute Gasteiger partial charge is 0.456 e. The van der Waals surface area contributed by atoms with Gasteiger partial charge in [0.05, 0.1) is 5.52 Å². The molecule has 3 aliphatic rings. The summed E-state index contributed by atoms with van der Waals surface area (Å²) in [5.74, 6) is 0. The molecular formula is C62H55BN2O. The maximum atomic E-state index is 6.58. The number of hydrogen-bond donors (Lipinski definition) is 1. The van der Waals surface area contributed by atoms with Crippen molar-refractivity contribution in [1.82, 2.24) is 4.57 Å². The third kappa shape index (κ3) is 5.33. The van der Waals surface area contributed by atoms with Gasteiger partial charge >= 0.3 is 0 Å². The van der Waals surface area contributed by atoms with Crippen molar-refractivity contribution < 1.29 is 4.42 Å². The highest BCUT2D eigenvalue weighted by Crippen LogP contribution is 2.54. The Labute approximate surface area is 388 Å². The van der Waals surface area contributed by atoms with E-state index in [0.29, 0.717) is 0 Å².